The Balaban J connectivity index is 2.76. The summed E-state index contributed by atoms with van der Waals surface area (Å²) < 4.78 is 0. The van der Waals surface area contributed by atoms with E-state index in [-0.39, 0.29) is 5.69 Å². The van der Waals surface area contributed by atoms with Crippen LogP contribution in [-0.2, 0) is 0 Å². The molecule has 0 aliphatic heterocycles. The van der Waals surface area contributed by atoms with E-state index < -0.39 is 5.97 Å². The van der Waals surface area contributed by atoms with Crippen LogP contribution in [0.15, 0.2) is 24.3 Å². The number of aromatic nitrogens is 1. The second-order valence-corrected chi connectivity index (χ2v) is 3.80. The average molecular weight is 242 g/mol. The number of hydrogen-bond donors (Lipinski definition) is 1. The first-order valence-corrected chi connectivity index (χ1v) is 4.82. The van der Waals surface area contributed by atoms with E-state index in [9.17, 15) is 4.79 Å². The van der Waals surface area contributed by atoms with Crippen LogP contribution in [0.1, 0.15) is 10.5 Å². The first-order valence-electron chi connectivity index (χ1n) is 4.07. The quantitative estimate of drug-likeness (QED) is 0.834. The van der Waals surface area contributed by atoms with E-state index in [0.29, 0.717) is 15.6 Å². The van der Waals surface area contributed by atoms with Crippen LogP contribution in [0.4, 0.5) is 0 Å². The van der Waals surface area contributed by atoms with Crippen molar-refractivity contribution >= 4 is 40.1 Å². The molecule has 0 unspecified atom stereocenters. The number of carboxylic acid groups (broad SMARTS) is 1. The van der Waals surface area contributed by atoms with Crippen molar-refractivity contribution in [1.29, 1.82) is 0 Å². The third-order valence-corrected chi connectivity index (χ3v) is 2.44. The Morgan fingerprint density at radius 3 is 2.67 bits per heavy atom. The van der Waals surface area contributed by atoms with Crippen molar-refractivity contribution in [3.05, 3.63) is 40.0 Å². The zero-order chi connectivity index (χ0) is 11.0. The van der Waals surface area contributed by atoms with E-state index in [2.05, 4.69) is 4.98 Å². The average Bonchev–Trinajstić information content (AvgIpc) is 2.16. The fraction of sp³-hybridized carbons (Fsp3) is 0. The van der Waals surface area contributed by atoms with Gasteiger partial charge in [0.2, 0.25) is 0 Å². The molecule has 1 aromatic heterocycles. The van der Waals surface area contributed by atoms with Gasteiger partial charge >= 0.3 is 5.97 Å². The van der Waals surface area contributed by atoms with Gasteiger partial charge in [-0.25, -0.2) is 9.78 Å². The molecule has 0 amide bonds. The van der Waals surface area contributed by atoms with Gasteiger partial charge in [0.05, 0.1) is 10.5 Å². The molecule has 0 saturated heterocycles. The predicted molar refractivity (Wildman–Crippen MR) is 58.7 cm³/mol. The molecular formula is C10H5Cl2NO2. The summed E-state index contributed by atoms with van der Waals surface area (Å²) in [5, 5.41) is 10.3. The van der Waals surface area contributed by atoms with Gasteiger partial charge in [-0.15, -0.1) is 0 Å². The van der Waals surface area contributed by atoms with Crippen LogP contribution < -0.4 is 0 Å². The first-order chi connectivity index (χ1) is 7.08. The summed E-state index contributed by atoms with van der Waals surface area (Å²) in [6.07, 6.45) is 0. The molecule has 1 N–H and O–H groups in total. The Bertz CT molecular complexity index is 554. The third kappa shape index (κ3) is 1.89. The van der Waals surface area contributed by atoms with Gasteiger partial charge < -0.3 is 5.11 Å². The molecule has 2 aromatic rings. The fourth-order valence-corrected chi connectivity index (χ4v) is 1.83. The van der Waals surface area contributed by atoms with Crippen LogP contribution in [0.5, 0.6) is 0 Å². The zero-order valence-corrected chi connectivity index (χ0v) is 8.88. The first kappa shape index (κ1) is 10.2. The summed E-state index contributed by atoms with van der Waals surface area (Å²) in [4.78, 5) is 14.6. The number of halogens is 2. The summed E-state index contributed by atoms with van der Waals surface area (Å²) in [5.74, 6) is -1.08. The van der Waals surface area contributed by atoms with E-state index in [1.807, 2.05) is 0 Å². The molecule has 1 aromatic carbocycles. The molecule has 15 heavy (non-hydrogen) atoms. The molecule has 1 heterocycles. The normalized spacial score (nSPS) is 10.5. The van der Waals surface area contributed by atoms with Crippen molar-refractivity contribution in [3.8, 4) is 0 Å². The van der Waals surface area contributed by atoms with Gasteiger partial charge in [0.15, 0.2) is 0 Å². The van der Waals surface area contributed by atoms with Gasteiger partial charge in [-0.3, -0.25) is 0 Å². The standard InChI is InChI=1S/C10H5Cl2NO2/c11-6-3-5-1-2-8(10(14)15)13-9(5)7(12)4-6/h1-4H,(H,14,15). The van der Waals surface area contributed by atoms with Crippen molar-refractivity contribution < 1.29 is 9.90 Å². The Morgan fingerprint density at radius 2 is 2.00 bits per heavy atom. The van der Waals surface area contributed by atoms with Crippen LogP contribution in [0, 0.1) is 0 Å². The van der Waals surface area contributed by atoms with Gasteiger partial charge in [0.25, 0.3) is 0 Å². The van der Waals surface area contributed by atoms with E-state index in [0.717, 1.165) is 5.39 Å². The van der Waals surface area contributed by atoms with Gasteiger partial charge in [-0.1, -0.05) is 29.3 Å². The Kier molecular flexibility index (Phi) is 2.50. The highest BCUT2D eigenvalue weighted by atomic mass is 35.5. The number of rotatable bonds is 1. The number of nitrogens with zero attached hydrogens (tertiary/aromatic N) is 1. The van der Waals surface area contributed by atoms with Crippen LogP contribution in [0.25, 0.3) is 10.9 Å². The van der Waals surface area contributed by atoms with E-state index in [1.165, 1.54) is 12.1 Å². The lowest BCUT2D eigenvalue weighted by molar-refractivity contribution is 0.0691. The lowest BCUT2D eigenvalue weighted by Crippen LogP contribution is -1.99. The van der Waals surface area contributed by atoms with Crippen LogP contribution in [0.2, 0.25) is 10.0 Å². The summed E-state index contributed by atoms with van der Waals surface area (Å²) in [6.45, 7) is 0. The molecular weight excluding hydrogens is 237 g/mol. The Labute approximate surface area is 95.3 Å². The van der Waals surface area contributed by atoms with Gasteiger partial charge in [0, 0.05) is 10.4 Å². The molecule has 0 atom stereocenters. The highest BCUT2D eigenvalue weighted by molar-refractivity contribution is 6.38. The molecule has 0 aliphatic rings. The van der Waals surface area contributed by atoms with Crippen LogP contribution in [0.3, 0.4) is 0 Å². The van der Waals surface area contributed by atoms with Crippen molar-refractivity contribution in [2.75, 3.05) is 0 Å². The summed E-state index contributed by atoms with van der Waals surface area (Å²) in [7, 11) is 0. The maximum atomic E-state index is 10.7. The lowest BCUT2D eigenvalue weighted by atomic mass is 10.2. The number of carboxylic acids is 1. The number of hydrogen-bond acceptors (Lipinski definition) is 2. The zero-order valence-electron chi connectivity index (χ0n) is 7.37. The largest absolute Gasteiger partial charge is 0.477 e. The van der Waals surface area contributed by atoms with Crippen molar-refractivity contribution in [1.82, 2.24) is 4.98 Å². The number of aromatic carboxylic acids is 1. The minimum atomic E-state index is -1.08. The maximum Gasteiger partial charge on any atom is 0.354 e. The minimum absolute atomic E-state index is 0.0354. The SMILES string of the molecule is O=C(O)c1ccc2cc(Cl)cc(Cl)c2n1. The minimum Gasteiger partial charge on any atom is -0.477 e. The summed E-state index contributed by atoms with van der Waals surface area (Å²) in [5.41, 5.74) is 0.410. The van der Waals surface area contributed by atoms with E-state index in [1.54, 1.807) is 12.1 Å². The second kappa shape index (κ2) is 3.68. The van der Waals surface area contributed by atoms with Crippen molar-refractivity contribution in [3.63, 3.8) is 0 Å². The third-order valence-electron chi connectivity index (χ3n) is 1.93. The monoisotopic (exact) mass is 241 g/mol. The van der Waals surface area contributed by atoms with Gasteiger partial charge in [-0.05, 0) is 18.2 Å². The fourth-order valence-electron chi connectivity index (χ4n) is 1.28. The van der Waals surface area contributed by atoms with Gasteiger partial charge in [0.1, 0.15) is 5.69 Å². The summed E-state index contributed by atoms with van der Waals surface area (Å²) >= 11 is 11.7. The Morgan fingerprint density at radius 1 is 1.27 bits per heavy atom. The second-order valence-electron chi connectivity index (χ2n) is 2.96. The van der Waals surface area contributed by atoms with Crippen molar-refractivity contribution in [2.24, 2.45) is 0 Å². The molecule has 0 saturated carbocycles. The molecule has 0 aliphatic carbocycles. The predicted octanol–water partition coefficient (Wildman–Crippen LogP) is 3.24. The van der Waals surface area contributed by atoms with E-state index in [4.69, 9.17) is 28.3 Å². The van der Waals surface area contributed by atoms with Crippen LogP contribution in [-0.4, -0.2) is 16.1 Å². The number of pyridine rings is 1. The molecule has 0 radical (unpaired) electrons. The smallest absolute Gasteiger partial charge is 0.354 e. The summed E-state index contributed by atoms with van der Waals surface area (Å²) in [6, 6.07) is 6.26. The number of fused-ring (bicyclic) bond motifs is 1. The van der Waals surface area contributed by atoms with Crippen LogP contribution >= 0.6 is 23.2 Å². The molecule has 0 spiro atoms. The molecule has 0 fully saturated rings. The number of benzene rings is 1. The molecule has 2 rings (SSSR count). The maximum absolute atomic E-state index is 10.7. The molecule has 5 heteroatoms. The topological polar surface area (TPSA) is 50.2 Å². The molecule has 76 valence electrons. The molecule has 0 bridgehead atoms. The highest BCUT2D eigenvalue weighted by Gasteiger charge is 2.08. The number of carbonyl (C=O) groups is 1. The lowest BCUT2D eigenvalue weighted by Gasteiger charge is -2.01. The Hall–Kier alpha value is -1.32. The molecule has 3 nitrogen and oxygen atoms in total. The van der Waals surface area contributed by atoms with Crippen molar-refractivity contribution in [2.45, 2.75) is 0 Å². The van der Waals surface area contributed by atoms with E-state index >= 15 is 0 Å². The highest BCUT2D eigenvalue weighted by Crippen LogP contribution is 2.26. The van der Waals surface area contributed by atoms with Gasteiger partial charge in [-0.2, -0.15) is 0 Å².